The number of rotatable bonds is 2. The Morgan fingerprint density at radius 3 is 2.41 bits per heavy atom. The van der Waals surface area contributed by atoms with Crippen LogP contribution in [0.25, 0.3) is 0 Å². The lowest BCUT2D eigenvalue weighted by molar-refractivity contribution is 0.191. The third-order valence-electron chi connectivity index (χ3n) is 6.72. The number of hydrogen-bond donors (Lipinski definition) is 1. The van der Waals surface area contributed by atoms with Gasteiger partial charge in [-0.25, -0.2) is 0 Å². The van der Waals surface area contributed by atoms with Crippen molar-refractivity contribution in [3.05, 3.63) is 0 Å². The van der Waals surface area contributed by atoms with E-state index in [4.69, 9.17) is 0 Å². The molecule has 96 valence electrons. The number of nitrogens with one attached hydrogen (secondary N) is 1. The maximum atomic E-state index is 4.07. The summed E-state index contributed by atoms with van der Waals surface area (Å²) in [6, 6.07) is 1.77. The van der Waals surface area contributed by atoms with Crippen molar-refractivity contribution in [3.8, 4) is 0 Å². The fraction of sp³-hybridized carbons (Fsp3) is 1.00. The molecule has 0 heterocycles. The Hall–Kier alpha value is -0.0400. The van der Waals surface area contributed by atoms with Gasteiger partial charge in [-0.15, -0.1) is 0 Å². The van der Waals surface area contributed by atoms with Crippen LogP contribution in [-0.2, 0) is 0 Å². The van der Waals surface area contributed by atoms with Crippen LogP contribution >= 0.6 is 0 Å². The third kappa shape index (κ3) is 1.61. The smallest absolute Gasteiger partial charge is 0.0104 e. The lowest BCUT2D eigenvalue weighted by Crippen LogP contribution is -2.45. The Kier molecular flexibility index (Phi) is 2.54. The molecule has 4 fully saturated rings. The number of hydrogen-bond acceptors (Lipinski definition) is 1. The van der Waals surface area contributed by atoms with Crippen LogP contribution in [0.1, 0.15) is 58.3 Å². The van der Waals surface area contributed by atoms with Crippen LogP contribution in [0.15, 0.2) is 0 Å². The van der Waals surface area contributed by atoms with E-state index >= 15 is 0 Å². The highest BCUT2D eigenvalue weighted by Crippen LogP contribution is 2.58. The minimum absolute atomic E-state index is 0.860. The molecular weight excluding hydrogens is 206 g/mol. The molecule has 4 rings (SSSR count). The Morgan fingerprint density at radius 2 is 1.59 bits per heavy atom. The molecule has 1 nitrogen and oxygen atoms in total. The van der Waals surface area contributed by atoms with E-state index in [0.717, 1.165) is 41.7 Å². The second-order valence-corrected chi connectivity index (χ2v) is 7.44. The molecule has 1 N–H and O–H groups in total. The molecule has 0 radical (unpaired) electrons. The summed E-state index contributed by atoms with van der Waals surface area (Å²) < 4.78 is 0. The summed E-state index contributed by atoms with van der Waals surface area (Å²) in [6.07, 6.45) is 12.1. The molecule has 0 spiro atoms. The highest BCUT2D eigenvalue weighted by atomic mass is 15.0. The molecule has 2 bridgehead atoms. The van der Waals surface area contributed by atoms with Crippen LogP contribution in [0.4, 0.5) is 0 Å². The zero-order valence-electron chi connectivity index (χ0n) is 11.2. The van der Waals surface area contributed by atoms with E-state index in [0.29, 0.717) is 0 Å². The van der Waals surface area contributed by atoms with Gasteiger partial charge in [0.05, 0.1) is 0 Å². The normalized spacial score (nSPS) is 56.6. The highest BCUT2D eigenvalue weighted by molar-refractivity contribution is 5.06. The Labute approximate surface area is 106 Å². The SMILES string of the molecule is CC1CCCC1NC1CC2CC1C1CCCC21. The third-order valence-corrected chi connectivity index (χ3v) is 6.72. The number of fused-ring (bicyclic) bond motifs is 5. The van der Waals surface area contributed by atoms with Gasteiger partial charge in [-0.1, -0.05) is 19.8 Å². The first-order valence-corrected chi connectivity index (χ1v) is 8.09. The molecular formula is C16H27N. The minimum atomic E-state index is 0.860. The monoisotopic (exact) mass is 233 g/mol. The van der Waals surface area contributed by atoms with Crippen molar-refractivity contribution >= 4 is 0 Å². The molecule has 0 aliphatic heterocycles. The molecule has 4 saturated carbocycles. The van der Waals surface area contributed by atoms with Gasteiger partial charge in [-0.05, 0) is 68.1 Å². The van der Waals surface area contributed by atoms with E-state index in [9.17, 15) is 0 Å². The minimum Gasteiger partial charge on any atom is -0.311 e. The Balaban J connectivity index is 1.44. The first-order chi connectivity index (χ1) is 8.33. The molecule has 0 amide bonds. The summed E-state index contributed by atoms with van der Waals surface area (Å²) in [5, 5.41) is 4.07. The highest BCUT2D eigenvalue weighted by Gasteiger charge is 2.54. The summed E-state index contributed by atoms with van der Waals surface area (Å²) in [4.78, 5) is 0. The van der Waals surface area contributed by atoms with Gasteiger partial charge < -0.3 is 5.32 Å². The average Bonchev–Trinajstić information content (AvgIpc) is 3.01. The van der Waals surface area contributed by atoms with E-state index in [2.05, 4.69) is 12.2 Å². The maximum absolute atomic E-state index is 4.07. The summed E-state index contributed by atoms with van der Waals surface area (Å²) in [5.74, 6) is 5.40. The fourth-order valence-electron chi connectivity index (χ4n) is 5.93. The van der Waals surface area contributed by atoms with Crippen molar-refractivity contribution in [2.75, 3.05) is 0 Å². The largest absolute Gasteiger partial charge is 0.311 e. The molecule has 0 saturated heterocycles. The van der Waals surface area contributed by atoms with Gasteiger partial charge in [-0.2, -0.15) is 0 Å². The molecule has 0 aromatic rings. The van der Waals surface area contributed by atoms with Crippen molar-refractivity contribution in [1.82, 2.24) is 5.32 Å². The zero-order valence-corrected chi connectivity index (χ0v) is 11.2. The molecule has 4 aliphatic rings. The van der Waals surface area contributed by atoms with Crippen molar-refractivity contribution < 1.29 is 0 Å². The quantitative estimate of drug-likeness (QED) is 0.768. The van der Waals surface area contributed by atoms with Crippen molar-refractivity contribution in [1.29, 1.82) is 0 Å². The molecule has 0 aromatic heterocycles. The van der Waals surface area contributed by atoms with Gasteiger partial charge in [0, 0.05) is 12.1 Å². The van der Waals surface area contributed by atoms with Crippen LogP contribution in [0.5, 0.6) is 0 Å². The summed E-state index contributed by atoms with van der Waals surface area (Å²) in [7, 11) is 0. The summed E-state index contributed by atoms with van der Waals surface area (Å²) in [5.41, 5.74) is 0. The van der Waals surface area contributed by atoms with Crippen molar-refractivity contribution in [2.24, 2.45) is 29.6 Å². The van der Waals surface area contributed by atoms with E-state index in [1.807, 2.05) is 0 Å². The van der Waals surface area contributed by atoms with E-state index in [1.165, 1.54) is 32.1 Å². The lowest BCUT2D eigenvalue weighted by Gasteiger charge is -2.35. The van der Waals surface area contributed by atoms with Gasteiger partial charge in [0.1, 0.15) is 0 Å². The molecule has 1 heteroatoms. The van der Waals surface area contributed by atoms with Crippen LogP contribution in [0, 0.1) is 29.6 Å². The molecule has 7 unspecified atom stereocenters. The first kappa shape index (κ1) is 10.8. The summed E-state index contributed by atoms with van der Waals surface area (Å²) in [6.45, 7) is 2.45. The second-order valence-electron chi connectivity index (χ2n) is 7.44. The molecule has 7 atom stereocenters. The van der Waals surface area contributed by atoms with Crippen LogP contribution in [-0.4, -0.2) is 12.1 Å². The predicted octanol–water partition coefficient (Wildman–Crippen LogP) is 3.59. The van der Waals surface area contributed by atoms with E-state index in [-0.39, 0.29) is 0 Å². The average molecular weight is 233 g/mol. The molecule has 0 aromatic carbocycles. The standard InChI is InChI=1S/C16H27N/c1-10-4-2-7-15(10)17-16-9-11-8-14(16)13-6-3-5-12(11)13/h10-17H,2-9H2,1H3. The Morgan fingerprint density at radius 1 is 0.765 bits per heavy atom. The van der Waals surface area contributed by atoms with Gasteiger partial charge in [0.25, 0.3) is 0 Å². The van der Waals surface area contributed by atoms with E-state index in [1.54, 1.807) is 19.3 Å². The Bertz CT molecular complexity index is 300. The fourth-order valence-corrected chi connectivity index (χ4v) is 5.93. The van der Waals surface area contributed by atoms with E-state index < -0.39 is 0 Å². The first-order valence-electron chi connectivity index (χ1n) is 8.09. The zero-order chi connectivity index (χ0) is 11.4. The topological polar surface area (TPSA) is 12.0 Å². The van der Waals surface area contributed by atoms with Crippen LogP contribution in [0.2, 0.25) is 0 Å². The second kappa shape index (κ2) is 3.98. The van der Waals surface area contributed by atoms with Crippen LogP contribution in [0.3, 0.4) is 0 Å². The van der Waals surface area contributed by atoms with Crippen LogP contribution < -0.4 is 5.32 Å². The van der Waals surface area contributed by atoms with Crippen molar-refractivity contribution in [3.63, 3.8) is 0 Å². The van der Waals surface area contributed by atoms with Gasteiger partial charge in [-0.3, -0.25) is 0 Å². The van der Waals surface area contributed by atoms with Gasteiger partial charge in [0.15, 0.2) is 0 Å². The van der Waals surface area contributed by atoms with Gasteiger partial charge >= 0.3 is 0 Å². The maximum Gasteiger partial charge on any atom is 0.0104 e. The molecule has 17 heavy (non-hydrogen) atoms. The molecule has 4 aliphatic carbocycles. The summed E-state index contributed by atoms with van der Waals surface area (Å²) >= 11 is 0. The van der Waals surface area contributed by atoms with Crippen molar-refractivity contribution in [2.45, 2.75) is 70.4 Å². The van der Waals surface area contributed by atoms with Gasteiger partial charge in [0.2, 0.25) is 0 Å². The lowest BCUT2D eigenvalue weighted by atomic mass is 9.78. The predicted molar refractivity (Wildman–Crippen MR) is 70.8 cm³/mol.